The molecule has 1 aromatic carbocycles. The van der Waals surface area contributed by atoms with Crippen molar-refractivity contribution in [2.75, 3.05) is 0 Å². The zero-order valence-corrected chi connectivity index (χ0v) is 13.0. The van der Waals surface area contributed by atoms with Crippen LogP contribution in [0.2, 0.25) is 5.02 Å². The lowest BCUT2D eigenvalue weighted by atomic mass is 9.97. The second-order valence-corrected chi connectivity index (χ2v) is 6.07. The highest BCUT2D eigenvalue weighted by Gasteiger charge is 2.43. The molecule has 1 aliphatic carbocycles. The Labute approximate surface area is 137 Å². The van der Waals surface area contributed by atoms with Gasteiger partial charge in [0.25, 0.3) is 5.91 Å². The molecule has 0 radical (unpaired) electrons. The molecule has 0 spiro atoms. The van der Waals surface area contributed by atoms with E-state index in [1.54, 1.807) is 24.3 Å². The van der Waals surface area contributed by atoms with Crippen molar-refractivity contribution in [3.8, 4) is 11.3 Å². The smallest absolute Gasteiger partial charge is 0.329 e. The third-order valence-corrected chi connectivity index (χ3v) is 4.31. The van der Waals surface area contributed by atoms with Crippen molar-refractivity contribution in [3.63, 3.8) is 0 Å². The van der Waals surface area contributed by atoms with Crippen LogP contribution in [0.1, 0.15) is 36.2 Å². The van der Waals surface area contributed by atoms with E-state index in [0.717, 1.165) is 12.8 Å². The van der Waals surface area contributed by atoms with E-state index >= 15 is 0 Å². The third-order valence-electron chi connectivity index (χ3n) is 4.07. The molecule has 0 atom stereocenters. The van der Waals surface area contributed by atoms with Gasteiger partial charge in [-0.3, -0.25) is 4.79 Å². The summed E-state index contributed by atoms with van der Waals surface area (Å²) in [5.41, 5.74) is -0.0253. The summed E-state index contributed by atoms with van der Waals surface area (Å²) in [4.78, 5) is 23.8. The van der Waals surface area contributed by atoms with E-state index in [1.807, 2.05) is 0 Å². The van der Waals surface area contributed by atoms with Gasteiger partial charge in [0.05, 0.1) is 0 Å². The lowest BCUT2D eigenvalue weighted by Crippen LogP contribution is -2.52. The van der Waals surface area contributed by atoms with E-state index in [4.69, 9.17) is 16.1 Å². The minimum atomic E-state index is -1.21. The van der Waals surface area contributed by atoms with Gasteiger partial charge < -0.3 is 14.9 Å². The van der Waals surface area contributed by atoms with Crippen LogP contribution in [0.25, 0.3) is 11.3 Å². The molecule has 23 heavy (non-hydrogen) atoms. The van der Waals surface area contributed by atoms with Crippen LogP contribution >= 0.6 is 11.6 Å². The number of carbonyl (C=O) groups is 2. The van der Waals surface area contributed by atoms with Crippen molar-refractivity contribution in [2.45, 2.75) is 31.2 Å². The Morgan fingerprint density at radius 1 is 1.26 bits per heavy atom. The van der Waals surface area contributed by atoms with Crippen LogP contribution in [-0.2, 0) is 4.79 Å². The standard InChI is InChI=1S/C16H15ClN2O4/c17-11-5-3-4-10(8-11)12-9-13(23-19-12)14(20)18-16(15(21)22)6-1-2-7-16/h3-5,8-9H,1-2,6-7H2,(H,18,20)(H,21,22). The number of halogens is 1. The Morgan fingerprint density at radius 2 is 2.00 bits per heavy atom. The van der Waals surface area contributed by atoms with E-state index in [0.29, 0.717) is 29.1 Å². The van der Waals surface area contributed by atoms with Gasteiger partial charge in [-0.25, -0.2) is 4.79 Å². The minimum Gasteiger partial charge on any atom is -0.480 e. The van der Waals surface area contributed by atoms with Crippen LogP contribution < -0.4 is 5.32 Å². The average Bonchev–Trinajstić information content (AvgIpc) is 3.17. The Kier molecular flexibility index (Phi) is 4.09. The molecule has 1 heterocycles. The van der Waals surface area contributed by atoms with Crippen LogP contribution in [0, 0.1) is 0 Å². The number of carbonyl (C=O) groups excluding carboxylic acids is 1. The van der Waals surface area contributed by atoms with E-state index in [-0.39, 0.29) is 5.76 Å². The quantitative estimate of drug-likeness (QED) is 0.896. The Hall–Kier alpha value is -2.34. The van der Waals surface area contributed by atoms with Crippen molar-refractivity contribution in [2.24, 2.45) is 0 Å². The van der Waals surface area contributed by atoms with E-state index < -0.39 is 17.4 Å². The van der Waals surface area contributed by atoms with Gasteiger partial charge in [0, 0.05) is 16.7 Å². The summed E-state index contributed by atoms with van der Waals surface area (Å²) in [6.07, 6.45) is 2.39. The first kappa shape index (κ1) is 15.6. The molecule has 2 N–H and O–H groups in total. The summed E-state index contributed by atoms with van der Waals surface area (Å²) in [5.74, 6) is -1.61. The highest BCUT2D eigenvalue weighted by atomic mass is 35.5. The number of benzene rings is 1. The van der Waals surface area contributed by atoms with E-state index in [9.17, 15) is 14.7 Å². The molecule has 3 rings (SSSR count). The molecule has 0 aliphatic heterocycles. The SMILES string of the molecule is O=C(NC1(C(=O)O)CCCC1)c1cc(-c2cccc(Cl)c2)no1. The third kappa shape index (κ3) is 3.07. The van der Waals surface area contributed by atoms with Gasteiger partial charge in [0.15, 0.2) is 0 Å². The van der Waals surface area contributed by atoms with Crippen molar-refractivity contribution in [1.29, 1.82) is 0 Å². The van der Waals surface area contributed by atoms with E-state index in [2.05, 4.69) is 10.5 Å². The zero-order chi connectivity index (χ0) is 16.4. The number of rotatable bonds is 4. The number of amides is 1. The Balaban J connectivity index is 1.80. The molecule has 2 aromatic rings. The number of hydrogen-bond donors (Lipinski definition) is 2. The number of nitrogens with zero attached hydrogens (tertiary/aromatic N) is 1. The number of carboxylic acids is 1. The summed E-state index contributed by atoms with van der Waals surface area (Å²) in [5, 5.41) is 16.4. The molecule has 1 saturated carbocycles. The monoisotopic (exact) mass is 334 g/mol. The summed E-state index contributed by atoms with van der Waals surface area (Å²) in [6, 6.07) is 8.48. The van der Waals surface area contributed by atoms with Gasteiger partial charge in [0.2, 0.25) is 5.76 Å². The number of aliphatic carboxylic acids is 1. The van der Waals surface area contributed by atoms with Crippen molar-refractivity contribution < 1.29 is 19.2 Å². The molecular weight excluding hydrogens is 320 g/mol. The van der Waals surface area contributed by atoms with Crippen LogP contribution in [0.5, 0.6) is 0 Å². The molecule has 1 amide bonds. The molecule has 7 heteroatoms. The fraction of sp³-hybridized carbons (Fsp3) is 0.312. The first-order chi connectivity index (χ1) is 11.0. The van der Waals surface area contributed by atoms with Crippen molar-refractivity contribution in [3.05, 3.63) is 41.1 Å². The lowest BCUT2D eigenvalue weighted by Gasteiger charge is -2.24. The summed E-state index contributed by atoms with van der Waals surface area (Å²) in [7, 11) is 0. The van der Waals surface area contributed by atoms with Crippen molar-refractivity contribution >= 4 is 23.5 Å². The second-order valence-electron chi connectivity index (χ2n) is 5.64. The second kappa shape index (κ2) is 6.04. The molecule has 120 valence electrons. The average molecular weight is 335 g/mol. The maximum absolute atomic E-state index is 12.3. The van der Waals surface area contributed by atoms with Crippen LogP contribution in [0.15, 0.2) is 34.9 Å². The van der Waals surface area contributed by atoms with Gasteiger partial charge in [-0.15, -0.1) is 0 Å². The van der Waals surface area contributed by atoms with Crippen LogP contribution in [-0.4, -0.2) is 27.7 Å². The molecule has 0 bridgehead atoms. The normalized spacial score (nSPS) is 16.2. The van der Waals surface area contributed by atoms with Gasteiger partial charge in [-0.1, -0.05) is 41.7 Å². The lowest BCUT2D eigenvalue weighted by molar-refractivity contribution is -0.144. The zero-order valence-electron chi connectivity index (χ0n) is 12.2. The minimum absolute atomic E-state index is 0.0208. The molecule has 1 aromatic heterocycles. The summed E-state index contributed by atoms with van der Waals surface area (Å²) >= 11 is 5.93. The number of hydrogen-bond acceptors (Lipinski definition) is 4. The Bertz CT molecular complexity index is 750. The molecule has 1 aliphatic rings. The first-order valence-electron chi connectivity index (χ1n) is 7.29. The predicted molar refractivity (Wildman–Crippen MR) is 83.3 cm³/mol. The van der Waals surface area contributed by atoms with E-state index in [1.165, 1.54) is 6.07 Å². The summed E-state index contributed by atoms with van der Waals surface area (Å²) < 4.78 is 5.06. The van der Waals surface area contributed by atoms with Crippen LogP contribution in [0.3, 0.4) is 0 Å². The van der Waals surface area contributed by atoms with Crippen molar-refractivity contribution in [1.82, 2.24) is 10.5 Å². The predicted octanol–water partition coefficient (Wildman–Crippen LogP) is 3.12. The van der Waals surface area contributed by atoms with Gasteiger partial charge in [0.1, 0.15) is 11.2 Å². The van der Waals surface area contributed by atoms with Gasteiger partial charge >= 0.3 is 5.97 Å². The molecule has 0 saturated heterocycles. The van der Waals surface area contributed by atoms with Gasteiger partial charge in [-0.05, 0) is 25.0 Å². The maximum Gasteiger partial charge on any atom is 0.329 e. The molecule has 0 unspecified atom stereocenters. The highest BCUT2D eigenvalue weighted by molar-refractivity contribution is 6.30. The fourth-order valence-corrected chi connectivity index (χ4v) is 3.01. The maximum atomic E-state index is 12.3. The fourth-order valence-electron chi connectivity index (χ4n) is 2.82. The molecule has 1 fully saturated rings. The Morgan fingerprint density at radius 3 is 2.65 bits per heavy atom. The number of nitrogens with one attached hydrogen (secondary N) is 1. The largest absolute Gasteiger partial charge is 0.480 e. The number of carboxylic acid groups (broad SMARTS) is 1. The number of aromatic nitrogens is 1. The summed E-state index contributed by atoms with van der Waals surface area (Å²) in [6.45, 7) is 0. The first-order valence-corrected chi connectivity index (χ1v) is 7.66. The molecular formula is C16H15ClN2O4. The highest BCUT2D eigenvalue weighted by Crippen LogP contribution is 2.30. The topological polar surface area (TPSA) is 92.4 Å². The molecule has 6 nitrogen and oxygen atoms in total. The van der Waals surface area contributed by atoms with Crippen LogP contribution in [0.4, 0.5) is 0 Å². The van der Waals surface area contributed by atoms with Gasteiger partial charge in [-0.2, -0.15) is 0 Å².